The van der Waals surface area contributed by atoms with Gasteiger partial charge < -0.3 is 0 Å². The van der Waals surface area contributed by atoms with E-state index in [2.05, 4.69) is 62.6 Å². The lowest BCUT2D eigenvalue weighted by atomic mass is 10.1. The molecule has 1 aliphatic heterocycles. The number of tetrazole rings is 1. The van der Waals surface area contributed by atoms with Crippen molar-refractivity contribution in [3.63, 3.8) is 0 Å². The van der Waals surface area contributed by atoms with Crippen molar-refractivity contribution in [2.45, 2.75) is 70.5 Å². The Bertz CT molecular complexity index is 701. The van der Waals surface area contributed by atoms with Crippen molar-refractivity contribution in [1.82, 2.24) is 30.0 Å². The minimum absolute atomic E-state index is 0.335. The summed E-state index contributed by atoms with van der Waals surface area (Å²) in [4.78, 5) is 5.35. The van der Waals surface area contributed by atoms with E-state index in [-0.39, 0.29) is 0 Å². The van der Waals surface area contributed by atoms with Gasteiger partial charge in [0.05, 0.1) is 6.04 Å². The Balaban J connectivity index is 1.40. The maximum atomic E-state index is 4.47. The van der Waals surface area contributed by atoms with Crippen molar-refractivity contribution >= 4 is 0 Å². The molecule has 6 nitrogen and oxygen atoms in total. The highest BCUT2D eigenvalue weighted by Gasteiger charge is 2.31. The SMILES string of the molecule is CCC[C@@H](c1nnnn1CCc1ccccc1)N1CCN(C2CCCC2)CC1. The number of rotatable bonds is 8. The van der Waals surface area contributed by atoms with Gasteiger partial charge in [0.2, 0.25) is 0 Å². The second-order valence-corrected chi connectivity index (χ2v) is 8.31. The fraction of sp³-hybridized carbons (Fsp3) is 0.682. The maximum absolute atomic E-state index is 4.47. The van der Waals surface area contributed by atoms with Crippen molar-refractivity contribution in [1.29, 1.82) is 0 Å². The molecule has 1 atom stereocenters. The van der Waals surface area contributed by atoms with E-state index in [0.717, 1.165) is 50.8 Å². The largest absolute Gasteiger partial charge is 0.298 e. The van der Waals surface area contributed by atoms with Gasteiger partial charge in [-0.15, -0.1) is 5.10 Å². The zero-order chi connectivity index (χ0) is 19.2. The second kappa shape index (κ2) is 9.61. The number of aromatic nitrogens is 4. The first-order valence-electron chi connectivity index (χ1n) is 11.1. The van der Waals surface area contributed by atoms with Gasteiger partial charge in [0.15, 0.2) is 5.82 Å². The number of piperazine rings is 1. The standard InChI is InChI=1S/C22H34N6/c1-2-8-21(27-17-15-26(16-18-27)20-11-6-7-12-20)22-23-24-25-28(22)14-13-19-9-4-3-5-10-19/h3-5,9-10,20-21H,2,6-8,11-18H2,1H3/t21-/m0/s1. The van der Waals surface area contributed by atoms with Gasteiger partial charge in [0, 0.05) is 38.8 Å². The zero-order valence-corrected chi connectivity index (χ0v) is 17.2. The molecule has 2 aromatic rings. The average molecular weight is 383 g/mol. The van der Waals surface area contributed by atoms with Crippen molar-refractivity contribution in [2.75, 3.05) is 26.2 Å². The van der Waals surface area contributed by atoms with Crippen LogP contribution in [-0.4, -0.2) is 62.2 Å². The summed E-state index contributed by atoms with van der Waals surface area (Å²) < 4.78 is 2.04. The molecule has 2 fully saturated rings. The van der Waals surface area contributed by atoms with E-state index in [1.54, 1.807) is 0 Å². The van der Waals surface area contributed by atoms with Crippen LogP contribution in [0.15, 0.2) is 30.3 Å². The molecule has 1 saturated heterocycles. The lowest BCUT2D eigenvalue weighted by Gasteiger charge is -2.41. The number of aryl methyl sites for hydroxylation is 2. The summed E-state index contributed by atoms with van der Waals surface area (Å²) in [6.45, 7) is 7.75. The van der Waals surface area contributed by atoms with Crippen LogP contribution < -0.4 is 0 Å². The van der Waals surface area contributed by atoms with E-state index >= 15 is 0 Å². The second-order valence-electron chi connectivity index (χ2n) is 8.31. The summed E-state index contributed by atoms with van der Waals surface area (Å²) in [7, 11) is 0. The van der Waals surface area contributed by atoms with E-state index in [0.29, 0.717) is 6.04 Å². The molecule has 0 N–H and O–H groups in total. The lowest BCUT2D eigenvalue weighted by Crippen LogP contribution is -2.50. The zero-order valence-electron chi connectivity index (χ0n) is 17.2. The predicted molar refractivity (Wildman–Crippen MR) is 111 cm³/mol. The van der Waals surface area contributed by atoms with Gasteiger partial charge in [-0.1, -0.05) is 56.5 Å². The van der Waals surface area contributed by atoms with E-state index in [9.17, 15) is 0 Å². The van der Waals surface area contributed by atoms with Crippen LogP contribution >= 0.6 is 0 Å². The minimum Gasteiger partial charge on any atom is -0.298 e. The fourth-order valence-corrected chi connectivity index (χ4v) is 4.92. The Labute approximate surface area is 168 Å². The minimum atomic E-state index is 0.335. The van der Waals surface area contributed by atoms with Crippen LogP contribution in [0.5, 0.6) is 0 Å². The molecule has 0 amide bonds. The molecule has 0 radical (unpaired) electrons. The Morgan fingerprint density at radius 1 is 1.04 bits per heavy atom. The normalized spacial score (nSPS) is 20.6. The van der Waals surface area contributed by atoms with Crippen molar-refractivity contribution in [3.8, 4) is 0 Å². The average Bonchev–Trinajstić information content (AvgIpc) is 3.44. The molecule has 0 spiro atoms. The summed E-state index contributed by atoms with van der Waals surface area (Å²) in [6, 6.07) is 11.8. The highest BCUT2D eigenvalue weighted by Crippen LogP contribution is 2.28. The van der Waals surface area contributed by atoms with Gasteiger partial charge >= 0.3 is 0 Å². The first kappa shape index (κ1) is 19.5. The molecule has 1 aromatic carbocycles. The summed E-state index contributed by atoms with van der Waals surface area (Å²) in [5, 5.41) is 12.8. The molecule has 6 heteroatoms. The molecule has 2 aliphatic rings. The number of nitrogens with zero attached hydrogens (tertiary/aromatic N) is 6. The van der Waals surface area contributed by atoms with Crippen LogP contribution in [0, 0.1) is 0 Å². The van der Waals surface area contributed by atoms with Crippen molar-refractivity contribution in [2.24, 2.45) is 0 Å². The summed E-state index contributed by atoms with van der Waals surface area (Å²) in [5.41, 5.74) is 1.33. The molecule has 1 aromatic heterocycles. The van der Waals surface area contributed by atoms with Crippen LogP contribution in [-0.2, 0) is 13.0 Å². The first-order valence-corrected chi connectivity index (χ1v) is 11.1. The van der Waals surface area contributed by atoms with Crippen LogP contribution in [0.25, 0.3) is 0 Å². The number of hydrogen-bond donors (Lipinski definition) is 0. The molecule has 4 rings (SSSR count). The molecule has 0 bridgehead atoms. The lowest BCUT2D eigenvalue weighted by molar-refractivity contribution is 0.0626. The molecular weight excluding hydrogens is 348 g/mol. The smallest absolute Gasteiger partial charge is 0.168 e. The molecule has 1 saturated carbocycles. The summed E-state index contributed by atoms with van der Waals surface area (Å²) in [5.74, 6) is 1.05. The van der Waals surface area contributed by atoms with E-state index in [4.69, 9.17) is 0 Å². The van der Waals surface area contributed by atoms with Crippen LogP contribution in [0.2, 0.25) is 0 Å². The fourth-order valence-electron chi connectivity index (χ4n) is 4.92. The molecule has 0 unspecified atom stereocenters. The maximum Gasteiger partial charge on any atom is 0.168 e. The molecule has 152 valence electrons. The Morgan fingerprint density at radius 2 is 1.79 bits per heavy atom. The molecule has 1 aliphatic carbocycles. The first-order chi connectivity index (χ1) is 13.8. The van der Waals surface area contributed by atoms with E-state index in [1.165, 1.54) is 44.3 Å². The number of hydrogen-bond acceptors (Lipinski definition) is 5. The van der Waals surface area contributed by atoms with Crippen LogP contribution in [0.1, 0.15) is 62.9 Å². The predicted octanol–water partition coefficient (Wildman–Crippen LogP) is 3.32. The Morgan fingerprint density at radius 3 is 2.50 bits per heavy atom. The third-order valence-corrected chi connectivity index (χ3v) is 6.51. The van der Waals surface area contributed by atoms with E-state index < -0.39 is 0 Å². The van der Waals surface area contributed by atoms with Gasteiger partial charge in [0.25, 0.3) is 0 Å². The van der Waals surface area contributed by atoms with Gasteiger partial charge in [-0.3, -0.25) is 9.80 Å². The third kappa shape index (κ3) is 4.61. The van der Waals surface area contributed by atoms with Gasteiger partial charge in [-0.25, -0.2) is 4.68 Å². The highest BCUT2D eigenvalue weighted by molar-refractivity contribution is 5.14. The quantitative estimate of drug-likeness (QED) is 0.701. The monoisotopic (exact) mass is 382 g/mol. The van der Waals surface area contributed by atoms with Gasteiger partial charge in [-0.2, -0.15) is 0 Å². The van der Waals surface area contributed by atoms with Crippen LogP contribution in [0.3, 0.4) is 0 Å². The topological polar surface area (TPSA) is 50.1 Å². The van der Waals surface area contributed by atoms with Gasteiger partial charge in [0.1, 0.15) is 0 Å². The number of benzene rings is 1. The third-order valence-electron chi connectivity index (χ3n) is 6.51. The Hall–Kier alpha value is -1.79. The molecular formula is C22H34N6. The highest BCUT2D eigenvalue weighted by atomic mass is 15.6. The molecule has 2 heterocycles. The van der Waals surface area contributed by atoms with Crippen molar-refractivity contribution < 1.29 is 0 Å². The summed E-state index contributed by atoms with van der Waals surface area (Å²) >= 11 is 0. The van der Waals surface area contributed by atoms with Crippen LogP contribution in [0.4, 0.5) is 0 Å². The molecule has 28 heavy (non-hydrogen) atoms. The summed E-state index contributed by atoms with van der Waals surface area (Å²) in [6.07, 6.45) is 8.87. The van der Waals surface area contributed by atoms with Crippen molar-refractivity contribution in [3.05, 3.63) is 41.7 Å². The van der Waals surface area contributed by atoms with Gasteiger partial charge in [-0.05, 0) is 41.7 Å². The Kier molecular flexibility index (Phi) is 6.70. The van der Waals surface area contributed by atoms with E-state index in [1.807, 2.05) is 4.68 Å².